The Morgan fingerprint density at radius 2 is 0.407 bits per heavy atom. The summed E-state index contributed by atoms with van der Waals surface area (Å²) >= 11 is 0. The van der Waals surface area contributed by atoms with Crippen LogP contribution in [-0.2, 0) is 0 Å². The third kappa shape index (κ3) is 9.61. The van der Waals surface area contributed by atoms with Crippen LogP contribution in [0.15, 0.2) is 352 Å². The van der Waals surface area contributed by atoms with E-state index in [1.165, 1.54) is 10.8 Å². The Balaban J connectivity index is 1.02. The molecule has 0 aliphatic rings. The summed E-state index contributed by atoms with van der Waals surface area (Å²) in [5.74, 6) is 0. The second-order valence-electron chi connectivity index (χ2n) is 21.7. The fraction of sp³-hybridized carbons (Fsp3) is 0. The van der Waals surface area contributed by atoms with Gasteiger partial charge >= 0.3 is 0 Å². The molecule has 15 aromatic rings. The molecular weight excluding hydrogens is 1040 g/mol. The minimum atomic E-state index is 1.06. The van der Waals surface area contributed by atoms with E-state index < -0.39 is 0 Å². The lowest BCUT2D eigenvalue weighted by molar-refractivity contribution is 1.28. The highest BCUT2D eigenvalue weighted by Gasteiger charge is 2.28. The predicted molar refractivity (Wildman–Crippen MR) is 366 cm³/mol. The molecule has 0 fully saturated rings. The Hall–Kier alpha value is -11.5. The van der Waals surface area contributed by atoms with Crippen LogP contribution in [0.3, 0.4) is 0 Å². The van der Waals surface area contributed by atoms with Crippen LogP contribution >= 0.6 is 0 Å². The molecule has 0 aromatic heterocycles. The van der Waals surface area contributed by atoms with Crippen molar-refractivity contribution in [2.24, 2.45) is 0 Å². The largest absolute Gasteiger partial charge is 0.311 e. The Morgan fingerprint density at radius 3 is 0.733 bits per heavy atom. The maximum absolute atomic E-state index is 2.52. The molecule has 0 atom stereocenters. The molecule has 4 nitrogen and oxygen atoms in total. The normalized spacial score (nSPS) is 11.3. The number of anilines is 12. The van der Waals surface area contributed by atoms with Crippen molar-refractivity contribution in [1.29, 1.82) is 0 Å². The third-order valence-electron chi connectivity index (χ3n) is 16.5. The molecule has 15 aromatic carbocycles. The Labute approximate surface area is 502 Å². The van der Waals surface area contributed by atoms with E-state index in [0.29, 0.717) is 0 Å². The smallest absolute Gasteiger partial charge is 0.0620 e. The van der Waals surface area contributed by atoms with E-state index in [9.17, 15) is 0 Å². The zero-order valence-electron chi connectivity index (χ0n) is 47.3. The molecule has 406 valence electrons. The van der Waals surface area contributed by atoms with E-state index in [-0.39, 0.29) is 0 Å². The van der Waals surface area contributed by atoms with Crippen LogP contribution in [0, 0.1) is 0 Å². The molecule has 0 saturated heterocycles. The standard InChI is InChI=1S/C82H58N4/c1-7-29-65(30-8-1)83(66-31-9-2-10-32-66)71-51-45-59(46-52-71)63-49-55-75-77(57-63)81(85(69-37-15-5-16-38-69)79-43-23-27-61-25-19-21-41-73(61)79)76-56-50-64(60-47-53-72(54-48-60)84(67-33-11-3-12-34-67)68-35-13-4-14-36-68)58-78(76)82(75)86(70-39-17-6-18-40-70)80-44-24-28-62-26-20-22-42-74(62)80/h1-58H. The van der Waals surface area contributed by atoms with Gasteiger partial charge in [-0.15, -0.1) is 0 Å². The molecule has 0 radical (unpaired) electrons. The molecule has 86 heavy (non-hydrogen) atoms. The summed E-state index contributed by atoms with van der Waals surface area (Å²) in [7, 11) is 0. The van der Waals surface area contributed by atoms with Crippen LogP contribution < -0.4 is 19.6 Å². The monoisotopic (exact) mass is 1100 g/mol. The zero-order valence-corrected chi connectivity index (χ0v) is 47.3. The molecule has 0 bridgehead atoms. The molecule has 0 aliphatic carbocycles. The van der Waals surface area contributed by atoms with Gasteiger partial charge in [-0.1, -0.05) is 231 Å². The second kappa shape index (κ2) is 22.7. The Bertz CT molecular complexity index is 4450. The minimum absolute atomic E-state index is 1.06. The number of fused-ring (bicyclic) bond motifs is 4. The summed E-state index contributed by atoms with van der Waals surface area (Å²) < 4.78 is 0. The number of benzene rings is 15. The quantitative estimate of drug-likeness (QED) is 0.0795. The zero-order chi connectivity index (χ0) is 57.2. The highest BCUT2D eigenvalue weighted by molar-refractivity contribution is 6.25. The molecule has 0 spiro atoms. The van der Waals surface area contributed by atoms with E-state index in [1.54, 1.807) is 0 Å². The number of rotatable bonds is 14. The average Bonchev–Trinajstić information content (AvgIpc) is 0.999. The summed E-state index contributed by atoms with van der Waals surface area (Å²) in [5, 5.41) is 9.12. The fourth-order valence-corrected chi connectivity index (χ4v) is 12.6. The number of para-hydroxylation sites is 6. The van der Waals surface area contributed by atoms with Crippen molar-refractivity contribution in [2.75, 3.05) is 19.6 Å². The molecule has 0 N–H and O–H groups in total. The van der Waals surface area contributed by atoms with Gasteiger partial charge in [0.15, 0.2) is 0 Å². The van der Waals surface area contributed by atoms with Crippen molar-refractivity contribution in [1.82, 2.24) is 0 Å². The van der Waals surface area contributed by atoms with Gasteiger partial charge in [-0.25, -0.2) is 0 Å². The first kappa shape index (κ1) is 51.4. The molecule has 0 saturated carbocycles. The van der Waals surface area contributed by atoms with E-state index in [2.05, 4.69) is 371 Å². The van der Waals surface area contributed by atoms with E-state index in [4.69, 9.17) is 0 Å². The summed E-state index contributed by atoms with van der Waals surface area (Å²) in [5.41, 5.74) is 17.5. The van der Waals surface area contributed by atoms with Gasteiger partial charge in [-0.2, -0.15) is 0 Å². The summed E-state index contributed by atoms with van der Waals surface area (Å²) in [6.45, 7) is 0. The van der Waals surface area contributed by atoms with E-state index in [1.807, 2.05) is 0 Å². The average molecular weight is 1100 g/mol. The van der Waals surface area contributed by atoms with Gasteiger partial charge < -0.3 is 19.6 Å². The lowest BCUT2D eigenvalue weighted by Gasteiger charge is -2.34. The van der Waals surface area contributed by atoms with Gasteiger partial charge in [0.05, 0.1) is 22.7 Å². The van der Waals surface area contributed by atoms with Gasteiger partial charge in [0, 0.05) is 77.8 Å². The van der Waals surface area contributed by atoms with Crippen molar-refractivity contribution in [2.45, 2.75) is 0 Å². The van der Waals surface area contributed by atoms with Crippen molar-refractivity contribution in [3.8, 4) is 22.3 Å². The maximum Gasteiger partial charge on any atom is 0.0620 e. The van der Waals surface area contributed by atoms with Crippen molar-refractivity contribution >= 4 is 111 Å². The first-order valence-electron chi connectivity index (χ1n) is 29.4. The molecule has 0 aliphatic heterocycles. The van der Waals surface area contributed by atoms with Crippen molar-refractivity contribution in [3.05, 3.63) is 352 Å². The first-order valence-corrected chi connectivity index (χ1v) is 29.4. The molecule has 15 rings (SSSR count). The van der Waals surface area contributed by atoms with Gasteiger partial charge in [0.2, 0.25) is 0 Å². The fourth-order valence-electron chi connectivity index (χ4n) is 12.6. The van der Waals surface area contributed by atoms with Crippen LogP contribution in [0.2, 0.25) is 0 Å². The lowest BCUT2D eigenvalue weighted by atomic mass is 9.90. The maximum atomic E-state index is 2.52. The Morgan fingerprint density at radius 1 is 0.151 bits per heavy atom. The van der Waals surface area contributed by atoms with E-state index >= 15 is 0 Å². The molecule has 0 amide bonds. The third-order valence-corrected chi connectivity index (χ3v) is 16.5. The van der Waals surface area contributed by atoms with Crippen LogP contribution in [0.25, 0.3) is 65.3 Å². The lowest BCUT2D eigenvalue weighted by Crippen LogP contribution is -2.15. The van der Waals surface area contributed by atoms with Gasteiger partial charge in [-0.05, 0) is 154 Å². The highest BCUT2D eigenvalue weighted by Crippen LogP contribution is 2.54. The van der Waals surface area contributed by atoms with Gasteiger partial charge in [-0.3, -0.25) is 0 Å². The summed E-state index contributed by atoms with van der Waals surface area (Å²) in [4.78, 5) is 9.67. The second-order valence-corrected chi connectivity index (χ2v) is 21.7. The summed E-state index contributed by atoms with van der Waals surface area (Å²) in [6.07, 6.45) is 0. The van der Waals surface area contributed by atoms with E-state index in [0.717, 1.165) is 123 Å². The van der Waals surface area contributed by atoms with Gasteiger partial charge in [0.25, 0.3) is 0 Å². The number of hydrogen-bond donors (Lipinski definition) is 0. The Kier molecular flexibility index (Phi) is 13.6. The topological polar surface area (TPSA) is 13.0 Å². The number of hydrogen-bond acceptors (Lipinski definition) is 4. The molecule has 4 heteroatoms. The molecule has 0 heterocycles. The van der Waals surface area contributed by atoms with Crippen molar-refractivity contribution in [3.63, 3.8) is 0 Å². The first-order chi connectivity index (χ1) is 42.7. The van der Waals surface area contributed by atoms with Crippen LogP contribution in [0.5, 0.6) is 0 Å². The predicted octanol–water partition coefficient (Wildman–Crippen LogP) is 23.5. The van der Waals surface area contributed by atoms with Crippen LogP contribution in [0.1, 0.15) is 0 Å². The summed E-state index contributed by atoms with van der Waals surface area (Å²) in [6, 6.07) is 128. The molecule has 0 unspecified atom stereocenters. The van der Waals surface area contributed by atoms with Crippen LogP contribution in [0.4, 0.5) is 68.2 Å². The van der Waals surface area contributed by atoms with Crippen LogP contribution in [-0.4, -0.2) is 0 Å². The number of nitrogens with zero attached hydrogens (tertiary/aromatic N) is 4. The van der Waals surface area contributed by atoms with Crippen molar-refractivity contribution < 1.29 is 0 Å². The molecular formula is C82H58N4. The SMILES string of the molecule is c1ccc(N(c2ccccc2)c2ccc(-c3ccc4c(N(c5ccccc5)c5cccc6ccccc56)c5cc(-c6ccc(N(c7ccccc7)c7ccccc7)cc6)ccc5c(N(c5ccccc5)c5cccc6ccccc56)c4c3)cc2)cc1. The van der Waals surface area contributed by atoms with Gasteiger partial charge in [0.1, 0.15) is 0 Å². The highest BCUT2D eigenvalue weighted by atomic mass is 15.2. The minimum Gasteiger partial charge on any atom is -0.311 e.